The van der Waals surface area contributed by atoms with Crippen molar-refractivity contribution in [1.82, 2.24) is 4.72 Å². The Morgan fingerprint density at radius 3 is 2.57 bits per heavy atom. The molecule has 0 bridgehead atoms. The second-order valence-electron chi connectivity index (χ2n) is 4.77. The summed E-state index contributed by atoms with van der Waals surface area (Å²) in [5.41, 5.74) is 0.981. The Bertz CT molecular complexity index is 785. The number of rotatable bonds is 5. The average molecular weight is 308 g/mol. The lowest BCUT2D eigenvalue weighted by atomic mass is 10.1. The first-order valence-corrected chi connectivity index (χ1v) is 7.71. The highest BCUT2D eigenvalue weighted by atomic mass is 32.2. The van der Waals surface area contributed by atoms with E-state index >= 15 is 0 Å². The number of sulfonamides is 1. The van der Waals surface area contributed by atoms with Gasteiger partial charge in [-0.05, 0) is 23.6 Å². The Morgan fingerprint density at radius 1 is 1.24 bits per heavy atom. The fraction of sp³-hybridized carbons (Fsp3) is 0.214. The van der Waals surface area contributed by atoms with Crippen molar-refractivity contribution in [3.8, 4) is 0 Å². The van der Waals surface area contributed by atoms with Crippen molar-refractivity contribution in [2.75, 3.05) is 25.5 Å². The Labute approximate surface area is 123 Å². The number of nitrogens with one attached hydrogen (secondary N) is 1. The first kappa shape index (κ1) is 15.3. The molecule has 0 aliphatic carbocycles. The molecule has 0 aromatic heterocycles. The number of carboxylic acid groups (broad SMARTS) is 1. The third-order valence-corrected chi connectivity index (χ3v) is 4.43. The van der Waals surface area contributed by atoms with E-state index < -0.39 is 22.5 Å². The SMILES string of the molecule is CN(C)c1cccc2cc(S(=O)(=O)NCC(=O)O)ccc12. The van der Waals surface area contributed by atoms with Gasteiger partial charge in [-0.3, -0.25) is 4.79 Å². The molecule has 2 N–H and O–H groups in total. The minimum Gasteiger partial charge on any atom is -0.480 e. The van der Waals surface area contributed by atoms with Crippen molar-refractivity contribution < 1.29 is 18.3 Å². The third kappa shape index (κ3) is 3.32. The molecule has 0 heterocycles. The van der Waals surface area contributed by atoms with E-state index in [9.17, 15) is 13.2 Å². The van der Waals surface area contributed by atoms with Gasteiger partial charge < -0.3 is 10.0 Å². The van der Waals surface area contributed by atoms with Gasteiger partial charge in [0.15, 0.2) is 0 Å². The zero-order chi connectivity index (χ0) is 15.6. The van der Waals surface area contributed by atoms with Gasteiger partial charge in [-0.25, -0.2) is 8.42 Å². The molecule has 0 unspecified atom stereocenters. The van der Waals surface area contributed by atoms with Gasteiger partial charge in [-0.15, -0.1) is 0 Å². The van der Waals surface area contributed by atoms with Crippen LogP contribution in [-0.2, 0) is 14.8 Å². The number of carbonyl (C=O) groups is 1. The van der Waals surface area contributed by atoms with Gasteiger partial charge in [0.05, 0.1) is 4.90 Å². The Kier molecular flexibility index (Phi) is 4.15. The minimum absolute atomic E-state index is 0.0483. The summed E-state index contributed by atoms with van der Waals surface area (Å²) in [6.45, 7) is -0.641. The number of hydrogen-bond acceptors (Lipinski definition) is 4. The second-order valence-corrected chi connectivity index (χ2v) is 6.54. The molecule has 6 nitrogen and oxygen atoms in total. The Balaban J connectivity index is 2.47. The van der Waals surface area contributed by atoms with Crippen molar-refractivity contribution in [2.24, 2.45) is 0 Å². The van der Waals surface area contributed by atoms with Crippen LogP contribution in [0.5, 0.6) is 0 Å². The summed E-state index contributed by atoms with van der Waals surface area (Å²) in [7, 11) is -0.00323. The van der Waals surface area contributed by atoms with E-state index in [4.69, 9.17) is 5.11 Å². The summed E-state index contributed by atoms with van der Waals surface area (Å²) >= 11 is 0. The highest BCUT2D eigenvalue weighted by Gasteiger charge is 2.16. The maximum atomic E-state index is 12.0. The minimum atomic E-state index is -3.82. The average Bonchev–Trinajstić information content (AvgIpc) is 2.43. The lowest BCUT2D eigenvalue weighted by molar-refractivity contribution is -0.135. The molecule has 0 atom stereocenters. The van der Waals surface area contributed by atoms with Crippen molar-refractivity contribution >= 4 is 32.5 Å². The highest BCUT2D eigenvalue weighted by Crippen LogP contribution is 2.27. The molecule has 2 aromatic rings. The summed E-state index contributed by atoms with van der Waals surface area (Å²) in [6.07, 6.45) is 0. The number of benzene rings is 2. The summed E-state index contributed by atoms with van der Waals surface area (Å²) in [5.74, 6) is -1.23. The molecule has 2 aromatic carbocycles. The number of aliphatic carboxylic acids is 1. The molecule has 0 saturated heterocycles. The number of nitrogens with zero attached hydrogens (tertiary/aromatic N) is 1. The van der Waals surface area contributed by atoms with Crippen molar-refractivity contribution in [3.63, 3.8) is 0 Å². The second kappa shape index (κ2) is 5.71. The Morgan fingerprint density at radius 2 is 1.95 bits per heavy atom. The summed E-state index contributed by atoms with van der Waals surface area (Å²) in [4.78, 5) is 12.5. The molecule has 0 saturated carbocycles. The smallest absolute Gasteiger partial charge is 0.318 e. The summed E-state index contributed by atoms with van der Waals surface area (Å²) < 4.78 is 26.1. The molecule has 0 amide bonds. The molecule has 0 radical (unpaired) electrons. The molecule has 0 aliphatic heterocycles. The van der Waals surface area contributed by atoms with Crippen LogP contribution in [0.15, 0.2) is 41.3 Å². The maximum Gasteiger partial charge on any atom is 0.318 e. The van der Waals surface area contributed by atoms with Crippen LogP contribution in [0, 0.1) is 0 Å². The third-order valence-electron chi connectivity index (χ3n) is 3.03. The zero-order valence-electron chi connectivity index (χ0n) is 11.7. The molecule has 2 rings (SSSR count). The fourth-order valence-electron chi connectivity index (χ4n) is 2.04. The van der Waals surface area contributed by atoms with Gasteiger partial charge in [0.25, 0.3) is 0 Å². The number of hydrogen-bond donors (Lipinski definition) is 2. The normalized spacial score (nSPS) is 11.5. The van der Waals surface area contributed by atoms with E-state index in [0.717, 1.165) is 16.5 Å². The highest BCUT2D eigenvalue weighted by molar-refractivity contribution is 7.89. The van der Waals surface area contributed by atoms with Crippen LogP contribution in [0.4, 0.5) is 5.69 Å². The number of anilines is 1. The van der Waals surface area contributed by atoms with Crippen LogP contribution in [0.25, 0.3) is 10.8 Å². The van der Waals surface area contributed by atoms with E-state index in [-0.39, 0.29) is 4.90 Å². The quantitative estimate of drug-likeness (QED) is 0.868. The van der Waals surface area contributed by atoms with Crippen molar-refractivity contribution in [3.05, 3.63) is 36.4 Å². The molecular weight excluding hydrogens is 292 g/mol. The van der Waals surface area contributed by atoms with Crippen LogP contribution >= 0.6 is 0 Å². The summed E-state index contributed by atoms with van der Waals surface area (Å²) in [6, 6.07) is 10.3. The van der Waals surface area contributed by atoms with E-state index in [2.05, 4.69) is 0 Å². The molecule has 112 valence electrons. The lowest BCUT2D eigenvalue weighted by Gasteiger charge is -2.15. The molecule has 21 heavy (non-hydrogen) atoms. The molecule has 0 aliphatic rings. The predicted molar refractivity (Wildman–Crippen MR) is 81.1 cm³/mol. The monoisotopic (exact) mass is 308 g/mol. The largest absolute Gasteiger partial charge is 0.480 e. The van der Waals surface area contributed by atoms with E-state index in [1.54, 1.807) is 6.07 Å². The van der Waals surface area contributed by atoms with E-state index in [0.29, 0.717) is 0 Å². The maximum absolute atomic E-state index is 12.0. The zero-order valence-corrected chi connectivity index (χ0v) is 12.5. The lowest BCUT2D eigenvalue weighted by Crippen LogP contribution is -2.29. The first-order valence-electron chi connectivity index (χ1n) is 6.23. The number of carboxylic acids is 1. The fourth-order valence-corrected chi connectivity index (χ4v) is 3.05. The van der Waals surface area contributed by atoms with Gasteiger partial charge in [0.1, 0.15) is 6.54 Å². The van der Waals surface area contributed by atoms with Gasteiger partial charge >= 0.3 is 5.97 Å². The summed E-state index contributed by atoms with van der Waals surface area (Å²) in [5, 5.41) is 10.3. The van der Waals surface area contributed by atoms with Gasteiger partial charge in [-0.1, -0.05) is 18.2 Å². The van der Waals surface area contributed by atoms with Crippen LogP contribution in [0.1, 0.15) is 0 Å². The standard InChI is InChI=1S/C14H16N2O4S/c1-16(2)13-5-3-4-10-8-11(6-7-12(10)13)21(19,20)15-9-14(17)18/h3-8,15H,9H2,1-2H3,(H,17,18). The van der Waals surface area contributed by atoms with Crippen LogP contribution in [0.3, 0.4) is 0 Å². The van der Waals surface area contributed by atoms with Gasteiger partial charge in [0.2, 0.25) is 10.0 Å². The van der Waals surface area contributed by atoms with Crippen LogP contribution in [0.2, 0.25) is 0 Å². The van der Waals surface area contributed by atoms with Crippen molar-refractivity contribution in [1.29, 1.82) is 0 Å². The van der Waals surface area contributed by atoms with Crippen LogP contribution in [-0.4, -0.2) is 40.1 Å². The molecule has 0 spiro atoms. The number of fused-ring (bicyclic) bond motifs is 1. The van der Waals surface area contributed by atoms with E-state index in [1.807, 2.05) is 41.9 Å². The first-order chi connectivity index (χ1) is 9.81. The predicted octanol–water partition coefficient (Wildman–Crippen LogP) is 1.27. The van der Waals surface area contributed by atoms with Crippen molar-refractivity contribution in [2.45, 2.75) is 4.90 Å². The molecule has 7 heteroatoms. The van der Waals surface area contributed by atoms with Gasteiger partial charge in [0, 0.05) is 25.2 Å². The van der Waals surface area contributed by atoms with Gasteiger partial charge in [-0.2, -0.15) is 4.72 Å². The molecular formula is C14H16N2O4S. The topological polar surface area (TPSA) is 86.7 Å². The molecule has 0 fully saturated rings. The van der Waals surface area contributed by atoms with E-state index in [1.165, 1.54) is 12.1 Å². The Hall–Kier alpha value is -2.12. The van der Waals surface area contributed by atoms with Crippen LogP contribution < -0.4 is 9.62 Å².